The molecule has 0 aliphatic heterocycles. The van der Waals surface area contributed by atoms with Crippen molar-refractivity contribution >= 4 is 21.6 Å². The Hall–Kier alpha value is -1.98. The van der Waals surface area contributed by atoms with Crippen LogP contribution < -0.4 is 14.2 Å². The number of rotatable bonds is 8. The number of nitrogens with one attached hydrogen (secondary N) is 1. The average Bonchev–Trinajstić information content (AvgIpc) is 2.93. The molecule has 2 aromatic rings. The first-order valence-corrected chi connectivity index (χ1v) is 9.89. The predicted molar refractivity (Wildman–Crippen MR) is 96.3 cm³/mol. The van der Waals surface area contributed by atoms with Gasteiger partial charge in [-0.3, -0.25) is 4.68 Å². The van der Waals surface area contributed by atoms with Crippen LogP contribution in [0.3, 0.4) is 0 Å². The zero-order valence-corrected chi connectivity index (χ0v) is 16.9. The van der Waals surface area contributed by atoms with Crippen LogP contribution in [0.4, 0.5) is 13.2 Å². The van der Waals surface area contributed by atoms with Crippen molar-refractivity contribution in [3.63, 3.8) is 0 Å². The average molecular weight is 442 g/mol. The molecule has 2 rings (SSSR count). The fraction of sp³-hybridized carbons (Fsp3) is 0.438. The van der Waals surface area contributed by atoms with Gasteiger partial charge in [0.05, 0.1) is 24.9 Å². The Kier molecular flexibility index (Phi) is 6.84. The van der Waals surface area contributed by atoms with Crippen molar-refractivity contribution in [1.29, 1.82) is 0 Å². The lowest BCUT2D eigenvalue weighted by Gasteiger charge is -2.12. The summed E-state index contributed by atoms with van der Waals surface area (Å²) in [7, 11) is -1.12. The molecule has 156 valence electrons. The highest BCUT2D eigenvalue weighted by Gasteiger charge is 2.38. The summed E-state index contributed by atoms with van der Waals surface area (Å²) in [5.41, 5.74) is -0.996. The summed E-state index contributed by atoms with van der Waals surface area (Å²) in [6.07, 6.45) is -4.45. The Morgan fingerprint density at radius 2 is 1.93 bits per heavy atom. The molecule has 1 aromatic carbocycles. The fourth-order valence-electron chi connectivity index (χ4n) is 2.43. The zero-order chi connectivity index (χ0) is 21.1. The van der Waals surface area contributed by atoms with E-state index in [1.54, 1.807) is 0 Å². The predicted octanol–water partition coefficient (Wildman–Crippen LogP) is 3.25. The van der Waals surface area contributed by atoms with Crippen LogP contribution in [0.2, 0.25) is 5.02 Å². The second-order valence-corrected chi connectivity index (χ2v) is 7.85. The fourth-order valence-corrected chi connectivity index (χ4v) is 3.90. The summed E-state index contributed by atoms with van der Waals surface area (Å²) in [6.45, 7) is 1.46. The molecule has 1 N–H and O–H groups in total. The third-order valence-electron chi connectivity index (χ3n) is 3.90. The Morgan fingerprint density at radius 1 is 1.25 bits per heavy atom. The highest BCUT2D eigenvalue weighted by atomic mass is 35.5. The highest BCUT2D eigenvalue weighted by molar-refractivity contribution is 7.89. The summed E-state index contributed by atoms with van der Waals surface area (Å²) in [6, 6.07) is 4.25. The summed E-state index contributed by atoms with van der Waals surface area (Å²) < 4.78 is 77.0. The van der Waals surface area contributed by atoms with Crippen molar-refractivity contribution in [3.8, 4) is 11.5 Å². The van der Waals surface area contributed by atoms with Crippen LogP contribution in [-0.2, 0) is 22.7 Å². The second-order valence-electron chi connectivity index (χ2n) is 5.74. The lowest BCUT2D eigenvalue weighted by atomic mass is 10.3. The molecule has 0 aliphatic rings. The van der Waals surface area contributed by atoms with Gasteiger partial charge in [0.2, 0.25) is 10.0 Å². The molecule has 0 amide bonds. The van der Waals surface area contributed by atoms with Crippen molar-refractivity contribution in [2.24, 2.45) is 0 Å². The van der Waals surface area contributed by atoms with Gasteiger partial charge in [0, 0.05) is 19.2 Å². The number of sulfonamides is 1. The first-order valence-electron chi connectivity index (χ1n) is 8.03. The van der Waals surface area contributed by atoms with Gasteiger partial charge in [-0.1, -0.05) is 11.6 Å². The number of nitrogens with zero attached hydrogens (tertiary/aromatic N) is 2. The maximum absolute atomic E-state index is 12.8. The Bertz CT molecular complexity index is 945. The van der Waals surface area contributed by atoms with E-state index >= 15 is 0 Å². The number of aromatic nitrogens is 2. The van der Waals surface area contributed by atoms with Crippen molar-refractivity contribution in [3.05, 3.63) is 34.6 Å². The zero-order valence-electron chi connectivity index (χ0n) is 15.3. The number of hydrogen-bond acceptors (Lipinski definition) is 5. The standard InChI is InChI=1S/C16H19ClF3N3O4S/c1-10-14(17)15(16(18,19)20)22-23(10)8-4-7-21-28(24,25)13-6-5-11(26-2)9-12(13)27-3/h5-6,9,21H,4,7-8H2,1-3H3. The smallest absolute Gasteiger partial charge is 0.436 e. The molecule has 1 heterocycles. The molecule has 0 unspecified atom stereocenters. The molecule has 12 heteroatoms. The lowest BCUT2D eigenvalue weighted by Crippen LogP contribution is -2.26. The maximum Gasteiger partial charge on any atom is 0.436 e. The van der Waals surface area contributed by atoms with Crippen molar-refractivity contribution in [2.75, 3.05) is 20.8 Å². The number of ether oxygens (including phenoxy) is 2. The summed E-state index contributed by atoms with van der Waals surface area (Å²) in [5.74, 6) is 0.540. The normalized spacial score (nSPS) is 12.2. The molecule has 0 atom stereocenters. The largest absolute Gasteiger partial charge is 0.497 e. The van der Waals surface area contributed by atoms with Crippen LogP contribution in [0.1, 0.15) is 17.8 Å². The SMILES string of the molecule is COc1ccc(S(=O)(=O)NCCCn2nc(C(F)(F)F)c(Cl)c2C)c(OC)c1. The minimum atomic E-state index is -4.65. The van der Waals surface area contributed by atoms with E-state index in [-0.39, 0.29) is 35.8 Å². The number of halogens is 4. The van der Waals surface area contributed by atoms with Crippen LogP contribution >= 0.6 is 11.6 Å². The van der Waals surface area contributed by atoms with Crippen molar-refractivity contribution < 1.29 is 31.1 Å². The first kappa shape index (κ1) is 22.3. The van der Waals surface area contributed by atoms with Crippen LogP contribution in [0.15, 0.2) is 23.1 Å². The van der Waals surface area contributed by atoms with E-state index in [0.717, 1.165) is 4.68 Å². The molecule has 28 heavy (non-hydrogen) atoms. The van der Waals surface area contributed by atoms with Gasteiger partial charge >= 0.3 is 6.18 Å². The lowest BCUT2D eigenvalue weighted by molar-refractivity contribution is -0.141. The van der Waals surface area contributed by atoms with Gasteiger partial charge in [-0.25, -0.2) is 13.1 Å². The Morgan fingerprint density at radius 3 is 2.46 bits per heavy atom. The van der Waals surface area contributed by atoms with E-state index in [9.17, 15) is 21.6 Å². The van der Waals surface area contributed by atoms with Gasteiger partial charge in [-0.05, 0) is 25.5 Å². The molecule has 1 aromatic heterocycles. The van der Waals surface area contributed by atoms with Gasteiger partial charge in [-0.15, -0.1) is 0 Å². The van der Waals surface area contributed by atoms with Crippen LogP contribution in [0, 0.1) is 6.92 Å². The van der Waals surface area contributed by atoms with Gasteiger partial charge in [0.1, 0.15) is 16.4 Å². The second kappa shape index (κ2) is 8.58. The van der Waals surface area contributed by atoms with Gasteiger partial charge < -0.3 is 9.47 Å². The third kappa shape index (κ3) is 4.89. The number of benzene rings is 1. The quantitative estimate of drug-likeness (QED) is 0.636. The molecule has 0 saturated carbocycles. The van der Waals surface area contributed by atoms with Crippen molar-refractivity contribution in [1.82, 2.24) is 14.5 Å². The van der Waals surface area contributed by atoms with E-state index in [4.69, 9.17) is 21.1 Å². The highest BCUT2D eigenvalue weighted by Crippen LogP contribution is 2.35. The summed E-state index contributed by atoms with van der Waals surface area (Å²) in [5, 5.41) is 3.01. The van der Waals surface area contributed by atoms with E-state index in [2.05, 4.69) is 9.82 Å². The van der Waals surface area contributed by atoms with Gasteiger partial charge in [0.25, 0.3) is 0 Å². The van der Waals surface area contributed by atoms with E-state index in [1.807, 2.05) is 0 Å². The van der Waals surface area contributed by atoms with Gasteiger partial charge in [0.15, 0.2) is 5.69 Å². The molecule has 7 nitrogen and oxygen atoms in total. The molecule has 0 fully saturated rings. The van der Waals surface area contributed by atoms with Crippen LogP contribution in [0.5, 0.6) is 11.5 Å². The molecule has 0 aliphatic carbocycles. The van der Waals surface area contributed by atoms with E-state index in [0.29, 0.717) is 5.75 Å². The maximum atomic E-state index is 12.8. The molecular weight excluding hydrogens is 423 g/mol. The third-order valence-corrected chi connectivity index (χ3v) is 5.85. The molecule has 0 saturated heterocycles. The summed E-state index contributed by atoms with van der Waals surface area (Å²) in [4.78, 5) is -0.0755. The van der Waals surface area contributed by atoms with Crippen LogP contribution in [-0.4, -0.2) is 39.0 Å². The molecular formula is C16H19ClF3N3O4S. The molecule has 0 bridgehead atoms. The van der Waals surface area contributed by atoms with E-state index < -0.39 is 26.9 Å². The molecule has 0 spiro atoms. The number of methoxy groups -OCH3 is 2. The monoisotopic (exact) mass is 441 g/mol. The first-order chi connectivity index (χ1) is 13.0. The number of aryl methyl sites for hydroxylation is 1. The minimum Gasteiger partial charge on any atom is -0.497 e. The van der Waals surface area contributed by atoms with E-state index in [1.165, 1.54) is 39.3 Å². The minimum absolute atomic E-state index is 0.0181. The Balaban J connectivity index is 2.04. The van der Waals surface area contributed by atoms with Crippen molar-refractivity contribution in [2.45, 2.75) is 31.0 Å². The topological polar surface area (TPSA) is 82.5 Å². The van der Waals surface area contributed by atoms with Gasteiger partial charge in [-0.2, -0.15) is 18.3 Å². The summed E-state index contributed by atoms with van der Waals surface area (Å²) >= 11 is 5.68. The number of hydrogen-bond donors (Lipinski definition) is 1. The molecule has 0 radical (unpaired) electrons. The number of alkyl halides is 3. The Labute approximate surface area is 165 Å². The van der Waals surface area contributed by atoms with Crippen LogP contribution in [0.25, 0.3) is 0 Å².